The van der Waals surface area contributed by atoms with Crippen molar-refractivity contribution in [3.05, 3.63) is 230 Å². The van der Waals surface area contributed by atoms with Gasteiger partial charge >= 0.3 is 0 Å². The summed E-state index contributed by atoms with van der Waals surface area (Å²) in [5.74, 6) is 0. The first-order chi connectivity index (χ1) is 34.5. The molecule has 340 valence electrons. The van der Waals surface area contributed by atoms with E-state index in [0.29, 0.717) is 0 Å². The Morgan fingerprint density at radius 3 is 1.32 bits per heavy atom. The lowest BCUT2D eigenvalue weighted by Crippen LogP contribution is -2.58. The van der Waals surface area contributed by atoms with Gasteiger partial charge in [0.25, 0.3) is 0 Å². The van der Waals surface area contributed by atoms with Crippen molar-refractivity contribution in [3.63, 3.8) is 0 Å². The van der Waals surface area contributed by atoms with E-state index in [1.165, 1.54) is 132 Å². The van der Waals surface area contributed by atoms with Gasteiger partial charge in [0.05, 0.1) is 0 Å². The topological polar surface area (TPSA) is 6.48 Å². The van der Waals surface area contributed by atoms with Crippen molar-refractivity contribution < 1.29 is 0 Å². The van der Waals surface area contributed by atoms with Crippen molar-refractivity contribution in [2.45, 2.75) is 45.5 Å². The van der Waals surface area contributed by atoms with Gasteiger partial charge in [0, 0.05) is 39.5 Å². The summed E-state index contributed by atoms with van der Waals surface area (Å²) in [5.41, 5.74) is 17.8. The highest BCUT2D eigenvalue weighted by atomic mass is 28.3. The fourth-order valence-corrected chi connectivity index (χ4v) is 19.3. The second kappa shape index (κ2) is 15.1. The Morgan fingerprint density at radius 2 is 0.761 bits per heavy atom. The van der Waals surface area contributed by atoms with Crippen molar-refractivity contribution in [1.82, 2.24) is 0 Å². The lowest BCUT2D eigenvalue weighted by molar-refractivity contribution is 0.660. The Kier molecular flexibility index (Phi) is 8.97. The molecule has 1 aliphatic carbocycles. The molecule has 0 spiro atoms. The third-order valence-corrected chi connectivity index (χ3v) is 23.9. The molecule has 2 heterocycles. The second-order valence-electron chi connectivity index (χ2n) is 21.7. The minimum Gasteiger partial charge on any atom is -0.311 e. The first kappa shape index (κ1) is 42.1. The van der Waals surface area contributed by atoms with Crippen LogP contribution in [0.5, 0.6) is 0 Å². The molecule has 0 saturated carbocycles. The van der Waals surface area contributed by atoms with E-state index < -0.39 is 16.1 Å². The molecule has 71 heavy (non-hydrogen) atoms. The summed E-state index contributed by atoms with van der Waals surface area (Å²) < 4.78 is 0. The minimum absolute atomic E-state index is 0.152. The third-order valence-electron chi connectivity index (χ3n) is 16.8. The molecule has 0 aromatic heterocycles. The fourth-order valence-electron chi connectivity index (χ4n) is 13.3. The average molecular weight is 943 g/mol. The molecular formula is C67H54N2Si2. The van der Waals surface area contributed by atoms with Gasteiger partial charge in [-0.25, -0.2) is 0 Å². The standard InChI is InChI=1S/C67H54N2Si2/c1-67(2)54-24-10-9-22-50(54)66-51(23-19-25-55(66)67)65-49-39-37-46(68-56-26-11-15-30-60(56)70(3,4)61-31-16-12-27-57(61)68)41-52(49)64(45-35-34-43-20-7-8-21-44(43)40-45)48-38-36-47(42-53(48)65)69-58-28-13-17-32-62(58)71(5,6)63-33-18-14-29-59(63)69/h7-42H,1-6H3. The first-order valence-corrected chi connectivity index (χ1v) is 31.3. The number of benzene rings is 11. The molecule has 0 saturated heterocycles. The van der Waals surface area contributed by atoms with E-state index in [-0.39, 0.29) is 5.41 Å². The molecule has 0 N–H and O–H groups in total. The van der Waals surface area contributed by atoms with Crippen LogP contribution in [0, 0.1) is 0 Å². The molecular weight excluding hydrogens is 889 g/mol. The minimum atomic E-state index is -2.01. The molecule has 0 radical (unpaired) electrons. The molecule has 11 aromatic rings. The predicted molar refractivity (Wildman–Crippen MR) is 310 cm³/mol. The summed E-state index contributed by atoms with van der Waals surface area (Å²) in [7, 11) is -4.02. The Bertz CT molecular complexity index is 3970. The zero-order chi connectivity index (χ0) is 48.0. The van der Waals surface area contributed by atoms with Gasteiger partial charge in [-0.3, -0.25) is 0 Å². The molecule has 4 heteroatoms. The monoisotopic (exact) mass is 942 g/mol. The number of hydrogen-bond donors (Lipinski definition) is 0. The molecule has 14 rings (SSSR count). The van der Waals surface area contributed by atoms with Gasteiger partial charge in [0.1, 0.15) is 16.1 Å². The SMILES string of the molecule is CC1(C)c2ccccc2-c2c(-c3c4ccc(N5c6ccccc6[Si](C)(C)c6ccccc65)cc4c(-c4ccc5ccccc5c4)c4ccc(N5c6ccccc6[Si](C)(C)c6ccccc65)cc34)cccc21. The zero-order valence-electron chi connectivity index (χ0n) is 41.2. The summed E-state index contributed by atoms with van der Waals surface area (Å²) in [6.45, 7) is 14.8. The largest absolute Gasteiger partial charge is 0.311 e. The summed E-state index contributed by atoms with van der Waals surface area (Å²) in [6, 6.07) is 83.6. The maximum atomic E-state index is 2.55. The Labute approximate surface area is 419 Å². The van der Waals surface area contributed by atoms with E-state index in [2.05, 4.69) is 268 Å². The third kappa shape index (κ3) is 5.92. The smallest absolute Gasteiger partial charge is 0.117 e. The van der Waals surface area contributed by atoms with Gasteiger partial charge in [-0.1, -0.05) is 204 Å². The van der Waals surface area contributed by atoms with Crippen molar-refractivity contribution in [2.24, 2.45) is 0 Å². The molecule has 0 atom stereocenters. The molecule has 0 fully saturated rings. The van der Waals surface area contributed by atoms with Crippen LogP contribution in [0.3, 0.4) is 0 Å². The number of para-hydroxylation sites is 4. The molecule has 2 nitrogen and oxygen atoms in total. The van der Waals surface area contributed by atoms with Crippen LogP contribution in [0.4, 0.5) is 34.1 Å². The molecule has 11 aromatic carbocycles. The maximum Gasteiger partial charge on any atom is 0.117 e. The van der Waals surface area contributed by atoms with Crippen LogP contribution in [0.25, 0.3) is 65.7 Å². The van der Waals surface area contributed by atoms with Gasteiger partial charge in [-0.15, -0.1) is 0 Å². The second-order valence-corrected chi connectivity index (χ2v) is 30.3. The van der Waals surface area contributed by atoms with Gasteiger partial charge in [-0.05, 0) is 152 Å². The van der Waals surface area contributed by atoms with Crippen LogP contribution in [-0.2, 0) is 5.41 Å². The van der Waals surface area contributed by atoms with Gasteiger partial charge in [-0.2, -0.15) is 0 Å². The van der Waals surface area contributed by atoms with Gasteiger partial charge in [0.15, 0.2) is 0 Å². The van der Waals surface area contributed by atoms with Crippen molar-refractivity contribution >= 4 is 103 Å². The van der Waals surface area contributed by atoms with Gasteiger partial charge < -0.3 is 9.80 Å². The average Bonchev–Trinajstić information content (AvgIpc) is 3.64. The number of rotatable bonds is 4. The van der Waals surface area contributed by atoms with Crippen LogP contribution in [-0.4, -0.2) is 16.1 Å². The summed E-state index contributed by atoms with van der Waals surface area (Å²) in [6.07, 6.45) is 0. The highest BCUT2D eigenvalue weighted by Crippen LogP contribution is 2.56. The number of fused-ring (bicyclic) bond motifs is 10. The predicted octanol–water partition coefficient (Wildman–Crippen LogP) is 16.0. The van der Waals surface area contributed by atoms with Gasteiger partial charge in [0.2, 0.25) is 0 Å². The highest BCUT2D eigenvalue weighted by molar-refractivity contribution is 7.03. The summed E-state index contributed by atoms with van der Waals surface area (Å²) >= 11 is 0. The molecule has 0 amide bonds. The van der Waals surface area contributed by atoms with E-state index in [1.807, 2.05) is 0 Å². The van der Waals surface area contributed by atoms with E-state index in [9.17, 15) is 0 Å². The Morgan fingerprint density at radius 1 is 0.324 bits per heavy atom. The highest BCUT2D eigenvalue weighted by Gasteiger charge is 2.41. The summed E-state index contributed by atoms with van der Waals surface area (Å²) in [5, 5.41) is 13.3. The van der Waals surface area contributed by atoms with Crippen LogP contribution in [0.1, 0.15) is 25.0 Å². The van der Waals surface area contributed by atoms with E-state index in [0.717, 1.165) is 0 Å². The van der Waals surface area contributed by atoms with E-state index in [4.69, 9.17) is 0 Å². The van der Waals surface area contributed by atoms with E-state index in [1.54, 1.807) is 0 Å². The normalized spacial score (nSPS) is 15.5. The van der Waals surface area contributed by atoms with Crippen LogP contribution in [0.15, 0.2) is 218 Å². The quantitative estimate of drug-likeness (QED) is 0.128. The fraction of sp³-hybridized carbons (Fsp3) is 0.104. The van der Waals surface area contributed by atoms with Crippen LogP contribution >= 0.6 is 0 Å². The maximum absolute atomic E-state index is 2.55. The number of anilines is 6. The number of hydrogen-bond acceptors (Lipinski definition) is 2. The molecule has 0 unspecified atom stereocenters. The van der Waals surface area contributed by atoms with Crippen LogP contribution < -0.4 is 30.5 Å². The molecule has 3 aliphatic rings. The van der Waals surface area contributed by atoms with E-state index >= 15 is 0 Å². The van der Waals surface area contributed by atoms with Crippen molar-refractivity contribution in [1.29, 1.82) is 0 Å². The summed E-state index contributed by atoms with van der Waals surface area (Å²) in [4.78, 5) is 5.10. The van der Waals surface area contributed by atoms with Crippen molar-refractivity contribution in [2.75, 3.05) is 9.80 Å². The molecule has 0 bridgehead atoms. The molecule has 2 aliphatic heterocycles. The van der Waals surface area contributed by atoms with Crippen molar-refractivity contribution in [3.8, 4) is 33.4 Å². The Hall–Kier alpha value is -7.77. The lowest BCUT2D eigenvalue weighted by Gasteiger charge is -2.41. The first-order valence-electron chi connectivity index (χ1n) is 25.3. The zero-order valence-corrected chi connectivity index (χ0v) is 43.2. The number of nitrogens with zero attached hydrogens (tertiary/aromatic N) is 2. The Balaban J connectivity index is 1.13. The lowest BCUT2D eigenvalue weighted by atomic mass is 9.80. The van der Waals surface area contributed by atoms with Crippen LogP contribution in [0.2, 0.25) is 26.2 Å².